The van der Waals surface area contributed by atoms with Crippen molar-refractivity contribution in [1.29, 1.82) is 0 Å². The lowest BCUT2D eigenvalue weighted by atomic mass is 9.91. The predicted octanol–water partition coefficient (Wildman–Crippen LogP) is 5.65. The summed E-state index contributed by atoms with van der Waals surface area (Å²) in [6.45, 7) is 10.1. The zero-order valence-corrected chi connectivity index (χ0v) is 18.3. The molecule has 0 aliphatic rings. The summed E-state index contributed by atoms with van der Waals surface area (Å²) in [5, 5.41) is 0. The van der Waals surface area contributed by atoms with E-state index in [-0.39, 0.29) is 11.6 Å². The van der Waals surface area contributed by atoms with Crippen molar-refractivity contribution in [3.8, 4) is 0 Å². The number of ether oxygens (including phenoxy) is 1. The number of unbranched alkanes of at least 4 members (excludes halogenated alkanes) is 3. The standard InChI is InChI=1S/C24H39NO3/c1-5-9-17-22(26)24(28-20-8-4,23(27)21-15-13-12-14-16-21)25(18-10-6-2)19-11-7-3/h12-16H,5-11,17-20H2,1-4H3. The summed E-state index contributed by atoms with van der Waals surface area (Å²) in [4.78, 5) is 29.3. The molecule has 0 heterocycles. The van der Waals surface area contributed by atoms with Crippen LogP contribution in [0.3, 0.4) is 0 Å². The lowest BCUT2D eigenvalue weighted by Gasteiger charge is -2.41. The van der Waals surface area contributed by atoms with E-state index in [9.17, 15) is 9.59 Å². The second-order valence-electron chi connectivity index (χ2n) is 7.41. The molecule has 0 saturated carbocycles. The molecule has 0 aliphatic heterocycles. The van der Waals surface area contributed by atoms with Crippen molar-refractivity contribution in [2.45, 2.75) is 84.8 Å². The molecule has 0 radical (unpaired) electrons. The first kappa shape index (κ1) is 24.5. The number of carbonyl (C=O) groups excluding carboxylic acids is 2. The molecule has 0 N–H and O–H groups in total. The second kappa shape index (κ2) is 13.6. The van der Waals surface area contributed by atoms with Gasteiger partial charge in [-0.05, 0) is 25.7 Å². The minimum absolute atomic E-state index is 0.0936. The van der Waals surface area contributed by atoms with Gasteiger partial charge in [-0.15, -0.1) is 0 Å². The average Bonchev–Trinajstić information content (AvgIpc) is 2.73. The van der Waals surface area contributed by atoms with Crippen LogP contribution in [0.2, 0.25) is 0 Å². The minimum Gasteiger partial charge on any atom is -0.347 e. The maximum absolute atomic E-state index is 13.8. The summed E-state index contributed by atoms with van der Waals surface area (Å²) in [6, 6.07) is 9.15. The van der Waals surface area contributed by atoms with Crippen molar-refractivity contribution in [3.63, 3.8) is 0 Å². The number of nitrogens with zero attached hydrogens (tertiary/aromatic N) is 1. The fourth-order valence-corrected chi connectivity index (χ4v) is 3.35. The number of hydrogen-bond acceptors (Lipinski definition) is 4. The SMILES string of the molecule is CCCCC(=O)C(OCCC)(C(=O)c1ccccc1)N(CCCC)CCCC. The van der Waals surface area contributed by atoms with E-state index in [2.05, 4.69) is 20.8 Å². The molecule has 28 heavy (non-hydrogen) atoms. The molecule has 1 rings (SSSR count). The molecule has 0 aliphatic carbocycles. The molecule has 1 aromatic carbocycles. The van der Waals surface area contributed by atoms with Crippen LogP contribution in [0.5, 0.6) is 0 Å². The molecule has 0 saturated heterocycles. The third-order valence-electron chi connectivity index (χ3n) is 5.00. The van der Waals surface area contributed by atoms with E-state index >= 15 is 0 Å². The maximum Gasteiger partial charge on any atom is 0.246 e. The van der Waals surface area contributed by atoms with Crippen LogP contribution < -0.4 is 0 Å². The number of carbonyl (C=O) groups is 2. The van der Waals surface area contributed by atoms with Crippen LogP contribution in [-0.4, -0.2) is 41.9 Å². The Morgan fingerprint density at radius 3 is 1.93 bits per heavy atom. The zero-order chi connectivity index (χ0) is 20.8. The molecule has 0 bridgehead atoms. The van der Waals surface area contributed by atoms with E-state index in [0.717, 1.165) is 44.9 Å². The normalized spacial score (nSPS) is 13.5. The van der Waals surface area contributed by atoms with Gasteiger partial charge in [-0.25, -0.2) is 0 Å². The first-order valence-electron chi connectivity index (χ1n) is 11.1. The Hall–Kier alpha value is -1.52. The number of hydrogen-bond donors (Lipinski definition) is 0. The van der Waals surface area contributed by atoms with E-state index in [1.165, 1.54) is 0 Å². The van der Waals surface area contributed by atoms with Gasteiger partial charge in [0.2, 0.25) is 11.5 Å². The van der Waals surface area contributed by atoms with Crippen LogP contribution >= 0.6 is 0 Å². The molecule has 0 amide bonds. The highest BCUT2D eigenvalue weighted by Gasteiger charge is 2.50. The highest BCUT2D eigenvalue weighted by molar-refractivity contribution is 6.17. The van der Waals surface area contributed by atoms with Crippen LogP contribution in [0.15, 0.2) is 30.3 Å². The number of rotatable bonds is 16. The van der Waals surface area contributed by atoms with Gasteiger partial charge in [0.25, 0.3) is 0 Å². The van der Waals surface area contributed by atoms with Crippen molar-refractivity contribution in [3.05, 3.63) is 35.9 Å². The Kier molecular flexibility index (Phi) is 11.9. The average molecular weight is 390 g/mol. The molecular formula is C24H39NO3. The van der Waals surface area contributed by atoms with Crippen LogP contribution in [0, 0.1) is 0 Å². The molecule has 1 atom stereocenters. The molecule has 4 nitrogen and oxygen atoms in total. The molecule has 0 spiro atoms. The van der Waals surface area contributed by atoms with Crippen molar-refractivity contribution in [2.24, 2.45) is 0 Å². The highest BCUT2D eigenvalue weighted by atomic mass is 16.5. The lowest BCUT2D eigenvalue weighted by Crippen LogP contribution is -2.62. The lowest BCUT2D eigenvalue weighted by molar-refractivity contribution is -0.164. The minimum atomic E-state index is -1.50. The fourth-order valence-electron chi connectivity index (χ4n) is 3.35. The van der Waals surface area contributed by atoms with Crippen LogP contribution in [0.1, 0.15) is 89.4 Å². The molecule has 158 valence electrons. The summed E-state index contributed by atoms with van der Waals surface area (Å²) in [5.74, 6) is -0.307. The smallest absolute Gasteiger partial charge is 0.246 e. The summed E-state index contributed by atoms with van der Waals surface area (Å²) in [7, 11) is 0. The molecular weight excluding hydrogens is 350 g/mol. The van der Waals surface area contributed by atoms with Crippen LogP contribution in [-0.2, 0) is 9.53 Å². The monoisotopic (exact) mass is 389 g/mol. The fraction of sp³-hybridized carbons (Fsp3) is 0.667. The van der Waals surface area contributed by atoms with Gasteiger partial charge in [0, 0.05) is 31.7 Å². The third kappa shape index (κ3) is 6.52. The number of Topliss-reactive ketones (excluding diaryl/α,β-unsaturated/α-hetero) is 2. The Labute approximate surface area is 171 Å². The van der Waals surface area contributed by atoms with E-state index in [0.29, 0.717) is 31.7 Å². The van der Waals surface area contributed by atoms with Crippen LogP contribution in [0.4, 0.5) is 0 Å². The molecule has 0 aromatic heterocycles. The van der Waals surface area contributed by atoms with Crippen molar-refractivity contribution in [2.75, 3.05) is 19.7 Å². The number of benzene rings is 1. The first-order valence-corrected chi connectivity index (χ1v) is 11.1. The Morgan fingerprint density at radius 2 is 1.43 bits per heavy atom. The maximum atomic E-state index is 13.8. The van der Waals surface area contributed by atoms with Crippen molar-refractivity contribution in [1.82, 2.24) is 4.90 Å². The van der Waals surface area contributed by atoms with Gasteiger partial charge >= 0.3 is 0 Å². The summed E-state index contributed by atoms with van der Waals surface area (Å²) in [5.41, 5.74) is -0.960. The van der Waals surface area contributed by atoms with E-state index in [4.69, 9.17) is 4.74 Å². The van der Waals surface area contributed by atoms with E-state index in [1.54, 1.807) is 12.1 Å². The largest absolute Gasteiger partial charge is 0.347 e. The van der Waals surface area contributed by atoms with Gasteiger partial charge in [-0.2, -0.15) is 0 Å². The topological polar surface area (TPSA) is 46.6 Å². The van der Waals surface area contributed by atoms with E-state index < -0.39 is 5.72 Å². The number of ketones is 2. The predicted molar refractivity (Wildman–Crippen MR) is 116 cm³/mol. The summed E-state index contributed by atoms with van der Waals surface area (Å²) in [6.07, 6.45) is 6.71. The van der Waals surface area contributed by atoms with Gasteiger partial charge < -0.3 is 4.74 Å². The molecule has 0 fully saturated rings. The Morgan fingerprint density at radius 1 is 0.857 bits per heavy atom. The van der Waals surface area contributed by atoms with Gasteiger partial charge in [0.15, 0.2) is 5.78 Å². The van der Waals surface area contributed by atoms with Gasteiger partial charge in [-0.3, -0.25) is 14.5 Å². The quantitative estimate of drug-likeness (QED) is 0.208. The van der Waals surface area contributed by atoms with Gasteiger partial charge in [0.05, 0.1) is 0 Å². The molecule has 4 heteroatoms. The third-order valence-corrected chi connectivity index (χ3v) is 5.00. The van der Waals surface area contributed by atoms with Gasteiger partial charge in [-0.1, -0.05) is 77.3 Å². The second-order valence-corrected chi connectivity index (χ2v) is 7.41. The van der Waals surface area contributed by atoms with Crippen molar-refractivity contribution >= 4 is 11.6 Å². The van der Waals surface area contributed by atoms with Crippen LogP contribution in [0.25, 0.3) is 0 Å². The molecule has 1 aromatic rings. The molecule has 1 unspecified atom stereocenters. The first-order chi connectivity index (χ1) is 13.6. The Balaban J connectivity index is 3.45. The van der Waals surface area contributed by atoms with E-state index in [1.807, 2.05) is 30.0 Å². The Bertz CT molecular complexity index is 564. The highest BCUT2D eigenvalue weighted by Crippen LogP contribution is 2.28. The zero-order valence-electron chi connectivity index (χ0n) is 18.3. The summed E-state index contributed by atoms with van der Waals surface area (Å²) < 4.78 is 6.24. The summed E-state index contributed by atoms with van der Waals surface area (Å²) >= 11 is 0. The van der Waals surface area contributed by atoms with Crippen molar-refractivity contribution < 1.29 is 14.3 Å². The van der Waals surface area contributed by atoms with Gasteiger partial charge in [0.1, 0.15) is 0 Å².